The molecule has 1 aromatic heterocycles. The molecule has 0 amide bonds. The van der Waals surface area contributed by atoms with Crippen LogP contribution in [0.1, 0.15) is 42.3 Å². The van der Waals surface area contributed by atoms with Gasteiger partial charge in [0.1, 0.15) is 11.6 Å². The highest BCUT2D eigenvalue weighted by molar-refractivity contribution is 5.58. The largest absolute Gasteiger partial charge is 0.362 e. The molecular weight excluding hydrogens is 265 g/mol. The number of aromatic nitrogens is 2. The molecule has 21 heavy (non-hydrogen) atoms. The first-order valence-electron chi connectivity index (χ1n) is 6.91. The Balaban J connectivity index is 2.22. The van der Waals surface area contributed by atoms with E-state index < -0.39 is 0 Å². The number of nitrogens with zero attached hydrogens (tertiary/aromatic N) is 2. The van der Waals surface area contributed by atoms with Gasteiger partial charge in [0, 0.05) is 0 Å². The van der Waals surface area contributed by atoms with Gasteiger partial charge in [0.25, 0.3) is 0 Å². The summed E-state index contributed by atoms with van der Waals surface area (Å²) in [6.45, 7) is 11.6. The third-order valence-electron chi connectivity index (χ3n) is 3.46. The zero-order valence-electron chi connectivity index (χ0n) is 12.9. The van der Waals surface area contributed by atoms with Gasteiger partial charge in [-0.1, -0.05) is 6.58 Å². The first-order chi connectivity index (χ1) is 9.88. The first-order valence-corrected chi connectivity index (χ1v) is 6.91. The summed E-state index contributed by atoms with van der Waals surface area (Å²) in [4.78, 5) is 0. The molecule has 2 aromatic rings. The Kier molecular flexibility index (Phi) is 4.36. The van der Waals surface area contributed by atoms with Crippen molar-refractivity contribution in [1.29, 1.82) is 0 Å². The summed E-state index contributed by atoms with van der Waals surface area (Å²) in [7, 11) is 0. The molecule has 1 aromatic carbocycles. The molecular formula is C17H20FN3. The lowest BCUT2D eigenvalue weighted by atomic mass is 9.97. The number of anilines is 1. The van der Waals surface area contributed by atoms with Gasteiger partial charge in [0.2, 0.25) is 0 Å². The van der Waals surface area contributed by atoms with Crippen molar-refractivity contribution in [2.45, 2.75) is 33.7 Å². The molecule has 3 nitrogen and oxygen atoms in total. The highest BCUT2D eigenvalue weighted by Crippen LogP contribution is 2.25. The zero-order chi connectivity index (χ0) is 15.6. The van der Waals surface area contributed by atoms with Gasteiger partial charge in [-0.25, -0.2) is 4.39 Å². The van der Waals surface area contributed by atoms with Crippen molar-refractivity contribution in [3.63, 3.8) is 0 Å². The maximum absolute atomic E-state index is 13.4. The van der Waals surface area contributed by atoms with E-state index in [2.05, 4.69) is 22.1 Å². The molecule has 0 unspecified atom stereocenters. The van der Waals surface area contributed by atoms with E-state index >= 15 is 0 Å². The normalized spacial score (nSPS) is 12.0. The second-order valence-electron chi connectivity index (χ2n) is 5.40. The van der Waals surface area contributed by atoms with E-state index in [9.17, 15) is 4.39 Å². The summed E-state index contributed by atoms with van der Waals surface area (Å²) in [5.41, 5.74) is 4.61. The van der Waals surface area contributed by atoms with Crippen LogP contribution in [0.2, 0.25) is 0 Å². The second kappa shape index (κ2) is 6.04. The van der Waals surface area contributed by atoms with Gasteiger partial charge in [0.15, 0.2) is 0 Å². The van der Waals surface area contributed by atoms with E-state index in [0.717, 1.165) is 28.0 Å². The molecule has 0 spiro atoms. The molecule has 0 aliphatic rings. The molecule has 2 rings (SSSR count). The Morgan fingerprint density at radius 3 is 2.29 bits per heavy atom. The van der Waals surface area contributed by atoms with Gasteiger partial charge in [-0.2, -0.15) is 0 Å². The Labute approximate surface area is 124 Å². The number of halogens is 1. The van der Waals surface area contributed by atoms with Crippen molar-refractivity contribution in [2.24, 2.45) is 0 Å². The van der Waals surface area contributed by atoms with E-state index in [0.29, 0.717) is 5.82 Å². The van der Waals surface area contributed by atoms with E-state index in [4.69, 9.17) is 0 Å². The van der Waals surface area contributed by atoms with Crippen LogP contribution in [0, 0.1) is 19.7 Å². The SMILES string of the molecule is C=C(C)c1ccc(N[C@@H](C)c2c(C)cc(F)cc2C)nn1. The minimum Gasteiger partial charge on any atom is -0.362 e. The standard InChI is InChI=1S/C17H20FN3/c1-10(2)15-6-7-16(21-20-15)19-13(5)17-11(3)8-14(18)9-12(17)4/h6-9,13H,1H2,2-5H3,(H,19,21)/t13-/m0/s1. The van der Waals surface area contributed by atoms with Crippen molar-refractivity contribution < 1.29 is 4.39 Å². The molecule has 0 fully saturated rings. The summed E-state index contributed by atoms with van der Waals surface area (Å²) in [5.74, 6) is 0.488. The van der Waals surface area contributed by atoms with Crippen LogP contribution in [0.25, 0.3) is 5.57 Å². The van der Waals surface area contributed by atoms with Crippen LogP contribution in [0.15, 0.2) is 30.8 Å². The highest BCUT2D eigenvalue weighted by atomic mass is 19.1. The lowest BCUT2D eigenvalue weighted by molar-refractivity contribution is 0.623. The predicted octanol–water partition coefficient (Wildman–Crippen LogP) is 4.44. The van der Waals surface area contributed by atoms with Crippen molar-refractivity contribution in [3.05, 3.63) is 59.0 Å². The molecule has 0 aliphatic heterocycles. The molecule has 0 saturated carbocycles. The van der Waals surface area contributed by atoms with Gasteiger partial charge >= 0.3 is 0 Å². The zero-order valence-corrected chi connectivity index (χ0v) is 12.9. The third kappa shape index (κ3) is 3.45. The Morgan fingerprint density at radius 2 is 1.81 bits per heavy atom. The molecule has 1 heterocycles. The minimum atomic E-state index is -0.202. The van der Waals surface area contributed by atoms with Crippen LogP contribution in [0.3, 0.4) is 0 Å². The fourth-order valence-corrected chi connectivity index (χ4v) is 2.54. The molecule has 0 bridgehead atoms. The number of aryl methyl sites for hydroxylation is 2. The van der Waals surface area contributed by atoms with E-state index in [1.165, 1.54) is 0 Å². The van der Waals surface area contributed by atoms with E-state index in [1.54, 1.807) is 12.1 Å². The molecule has 0 radical (unpaired) electrons. The van der Waals surface area contributed by atoms with Crippen LogP contribution in [-0.2, 0) is 0 Å². The Bertz CT molecular complexity index is 639. The smallest absolute Gasteiger partial charge is 0.149 e. The van der Waals surface area contributed by atoms with Crippen LogP contribution >= 0.6 is 0 Å². The maximum atomic E-state index is 13.4. The molecule has 4 heteroatoms. The molecule has 1 atom stereocenters. The maximum Gasteiger partial charge on any atom is 0.149 e. The Morgan fingerprint density at radius 1 is 1.19 bits per heavy atom. The van der Waals surface area contributed by atoms with Crippen LogP contribution in [0.4, 0.5) is 10.2 Å². The molecule has 110 valence electrons. The fourth-order valence-electron chi connectivity index (χ4n) is 2.54. The van der Waals surface area contributed by atoms with Gasteiger partial charge < -0.3 is 5.32 Å². The third-order valence-corrected chi connectivity index (χ3v) is 3.46. The van der Waals surface area contributed by atoms with Crippen LogP contribution < -0.4 is 5.32 Å². The van der Waals surface area contributed by atoms with E-state index in [-0.39, 0.29) is 11.9 Å². The minimum absolute atomic E-state index is 0.0237. The quantitative estimate of drug-likeness (QED) is 0.902. The average Bonchev–Trinajstić information content (AvgIpc) is 2.37. The van der Waals surface area contributed by atoms with Crippen molar-refractivity contribution in [2.75, 3.05) is 5.32 Å². The summed E-state index contributed by atoms with van der Waals surface area (Å²) in [6.07, 6.45) is 0. The summed E-state index contributed by atoms with van der Waals surface area (Å²) >= 11 is 0. The first kappa shape index (κ1) is 15.2. The highest BCUT2D eigenvalue weighted by Gasteiger charge is 2.13. The predicted molar refractivity (Wildman–Crippen MR) is 84.7 cm³/mol. The topological polar surface area (TPSA) is 37.8 Å². The van der Waals surface area contributed by atoms with Crippen LogP contribution in [0.5, 0.6) is 0 Å². The van der Waals surface area contributed by atoms with Gasteiger partial charge in [-0.15, -0.1) is 10.2 Å². The van der Waals surface area contributed by atoms with Crippen molar-refractivity contribution in [1.82, 2.24) is 10.2 Å². The number of hydrogen-bond acceptors (Lipinski definition) is 3. The number of allylic oxidation sites excluding steroid dienone is 1. The van der Waals surface area contributed by atoms with Gasteiger partial charge in [0.05, 0.1) is 11.7 Å². The number of benzene rings is 1. The van der Waals surface area contributed by atoms with Gasteiger partial charge in [-0.3, -0.25) is 0 Å². The van der Waals surface area contributed by atoms with Gasteiger partial charge in [-0.05, 0) is 74.2 Å². The van der Waals surface area contributed by atoms with Crippen LogP contribution in [-0.4, -0.2) is 10.2 Å². The number of nitrogens with one attached hydrogen (secondary N) is 1. The fraction of sp³-hybridized carbons (Fsp3) is 0.294. The number of rotatable bonds is 4. The summed E-state index contributed by atoms with van der Waals surface area (Å²) in [6, 6.07) is 6.89. The molecule has 0 saturated heterocycles. The lowest BCUT2D eigenvalue weighted by Crippen LogP contribution is -2.12. The lowest BCUT2D eigenvalue weighted by Gasteiger charge is -2.19. The molecule has 0 aliphatic carbocycles. The van der Waals surface area contributed by atoms with Crippen molar-refractivity contribution >= 4 is 11.4 Å². The molecule has 1 N–H and O–H groups in total. The monoisotopic (exact) mass is 285 g/mol. The van der Waals surface area contributed by atoms with Crippen molar-refractivity contribution in [3.8, 4) is 0 Å². The summed E-state index contributed by atoms with van der Waals surface area (Å²) < 4.78 is 13.4. The number of hydrogen-bond donors (Lipinski definition) is 1. The van der Waals surface area contributed by atoms with E-state index in [1.807, 2.05) is 39.8 Å². The Hall–Kier alpha value is -2.23. The average molecular weight is 285 g/mol. The summed E-state index contributed by atoms with van der Waals surface area (Å²) in [5, 5.41) is 11.6. The second-order valence-corrected chi connectivity index (χ2v) is 5.40.